The van der Waals surface area contributed by atoms with Gasteiger partial charge in [-0.2, -0.15) is 4.98 Å². The maximum Gasteiger partial charge on any atom is 0.316 e. The van der Waals surface area contributed by atoms with Crippen LogP contribution < -0.4 is 20.3 Å². The molecule has 0 aliphatic carbocycles. The molecule has 3 heterocycles. The van der Waals surface area contributed by atoms with Crippen LogP contribution in [0, 0.1) is 0 Å². The fraction of sp³-hybridized carbons (Fsp3) is 0.280. The molecule has 1 amide bonds. The Morgan fingerprint density at radius 3 is 2.67 bits per heavy atom. The molecule has 2 N–H and O–H groups in total. The molecule has 2 aromatic carbocycles. The monoisotopic (exact) mass is 442 g/mol. The van der Waals surface area contributed by atoms with Gasteiger partial charge in [-0.1, -0.05) is 18.2 Å². The van der Waals surface area contributed by atoms with Crippen molar-refractivity contribution >= 4 is 39.1 Å². The zero-order valence-electron chi connectivity index (χ0n) is 18.9. The quantitative estimate of drug-likeness (QED) is 0.499. The minimum absolute atomic E-state index is 0.225. The second-order valence-corrected chi connectivity index (χ2v) is 8.50. The van der Waals surface area contributed by atoms with Crippen molar-refractivity contribution in [3.05, 3.63) is 60.4 Å². The Hall–Kier alpha value is -3.78. The van der Waals surface area contributed by atoms with Gasteiger partial charge in [-0.3, -0.25) is 9.78 Å². The van der Waals surface area contributed by atoms with Crippen molar-refractivity contribution in [1.29, 1.82) is 0 Å². The number of hydrogen-bond donors (Lipinski definition) is 2. The summed E-state index contributed by atoms with van der Waals surface area (Å²) < 4.78 is 5.26. The van der Waals surface area contributed by atoms with E-state index < -0.39 is 0 Å². The van der Waals surface area contributed by atoms with Crippen molar-refractivity contribution in [3.63, 3.8) is 0 Å². The normalized spacial score (nSPS) is 18.5. The van der Waals surface area contributed by atoms with Crippen molar-refractivity contribution < 1.29 is 9.53 Å². The number of anilines is 2. The van der Waals surface area contributed by atoms with Gasteiger partial charge >= 0.3 is 6.01 Å². The van der Waals surface area contributed by atoms with Crippen LogP contribution in [0.1, 0.15) is 24.2 Å². The summed E-state index contributed by atoms with van der Waals surface area (Å²) in [6.07, 6.45) is 3.40. The molecule has 5 rings (SSSR count). The summed E-state index contributed by atoms with van der Waals surface area (Å²) in [7, 11) is 1.52. The number of pyridine rings is 1. The molecule has 168 valence electrons. The van der Waals surface area contributed by atoms with Gasteiger partial charge in [0.15, 0.2) is 0 Å². The van der Waals surface area contributed by atoms with Crippen molar-refractivity contribution in [2.75, 3.05) is 30.4 Å². The summed E-state index contributed by atoms with van der Waals surface area (Å²) in [6.45, 7) is 6.06. The minimum atomic E-state index is -0.258. The first-order valence-corrected chi connectivity index (χ1v) is 11.0. The maximum absolute atomic E-state index is 13.3. The van der Waals surface area contributed by atoms with E-state index in [9.17, 15) is 4.79 Å². The topological polar surface area (TPSA) is 92.3 Å². The highest BCUT2D eigenvalue weighted by Crippen LogP contribution is 2.31. The molecule has 8 nitrogen and oxygen atoms in total. The Bertz CT molecular complexity index is 1330. The number of fused-ring (bicyclic) bond motifs is 2. The first kappa shape index (κ1) is 21.1. The van der Waals surface area contributed by atoms with Crippen molar-refractivity contribution in [2.45, 2.75) is 25.9 Å². The highest BCUT2D eigenvalue weighted by Gasteiger charge is 2.24. The summed E-state index contributed by atoms with van der Waals surface area (Å²) >= 11 is 0. The number of hydrogen-bond acceptors (Lipinski definition) is 7. The molecule has 8 heteroatoms. The molecule has 0 bridgehead atoms. The highest BCUT2D eigenvalue weighted by atomic mass is 16.5. The SMILES string of the molecule is COc1ncc2c(N3CC(C)NC(C)C3)ccc(C(=O)Nc3cnc4ccccc4c3)c2n1. The van der Waals surface area contributed by atoms with Crippen LogP contribution in [0.3, 0.4) is 0 Å². The van der Waals surface area contributed by atoms with Gasteiger partial charge in [0.2, 0.25) is 0 Å². The van der Waals surface area contributed by atoms with E-state index in [1.165, 1.54) is 7.11 Å². The van der Waals surface area contributed by atoms with Crippen LogP contribution in [0.15, 0.2) is 54.9 Å². The number of benzene rings is 2. The van der Waals surface area contributed by atoms with Gasteiger partial charge < -0.3 is 20.3 Å². The van der Waals surface area contributed by atoms with Crippen LogP contribution in [-0.4, -0.2) is 53.1 Å². The van der Waals surface area contributed by atoms with Gasteiger partial charge in [0.1, 0.15) is 0 Å². The van der Waals surface area contributed by atoms with E-state index >= 15 is 0 Å². The van der Waals surface area contributed by atoms with Crippen LogP contribution in [0.4, 0.5) is 11.4 Å². The molecule has 2 atom stereocenters. The summed E-state index contributed by atoms with van der Waals surface area (Å²) in [5.41, 5.74) is 3.53. The molecule has 4 aromatic rings. The second-order valence-electron chi connectivity index (χ2n) is 8.50. The van der Waals surface area contributed by atoms with Crippen molar-refractivity contribution in [3.8, 4) is 6.01 Å². The van der Waals surface area contributed by atoms with Crippen LogP contribution >= 0.6 is 0 Å². The second kappa shape index (κ2) is 8.63. The number of ether oxygens (including phenoxy) is 1. The van der Waals surface area contributed by atoms with Crippen LogP contribution in [-0.2, 0) is 0 Å². The number of para-hydroxylation sites is 1. The van der Waals surface area contributed by atoms with E-state index in [2.05, 4.69) is 44.3 Å². The lowest BCUT2D eigenvalue weighted by Crippen LogP contribution is -2.54. The standard InChI is InChI=1S/C25H26N6O2/c1-15-13-31(14-16(2)28-15)22-9-8-19(23-20(22)12-27-25(30-23)33-3)24(32)29-18-10-17-6-4-5-7-21(17)26-11-18/h4-12,15-16,28H,13-14H2,1-3H3,(H,29,32). The first-order chi connectivity index (χ1) is 16.0. The lowest BCUT2D eigenvalue weighted by molar-refractivity contribution is 0.102. The number of amides is 1. The molecule has 1 fully saturated rings. The maximum atomic E-state index is 13.3. The summed E-state index contributed by atoms with van der Waals surface area (Å²) in [5.74, 6) is -0.258. The van der Waals surface area contributed by atoms with E-state index in [-0.39, 0.29) is 11.9 Å². The molecule has 0 radical (unpaired) electrons. The number of aromatic nitrogens is 3. The van der Waals surface area contributed by atoms with E-state index in [0.717, 1.165) is 35.1 Å². The number of carbonyl (C=O) groups is 1. The van der Waals surface area contributed by atoms with Gasteiger partial charge in [0.05, 0.1) is 35.6 Å². The Labute approximate surface area is 192 Å². The van der Waals surface area contributed by atoms with E-state index in [1.54, 1.807) is 12.4 Å². The van der Waals surface area contributed by atoms with Crippen molar-refractivity contribution in [1.82, 2.24) is 20.3 Å². The predicted molar refractivity (Wildman–Crippen MR) is 130 cm³/mol. The zero-order chi connectivity index (χ0) is 22.9. The number of rotatable bonds is 4. The Balaban J connectivity index is 1.53. The molecule has 1 aliphatic heterocycles. The van der Waals surface area contributed by atoms with E-state index in [1.807, 2.05) is 42.5 Å². The molecular formula is C25H26N6O2. The van der Waals surface area contributed by atoms with Gasteiger partial charge in [0.25, 0.3) is 5.91 Å². The fourth-order valence-electron chi connectivity index (χ4n) is 4.51. The summed E-state index contributed by atoms with van der Waals surface area (Å²) in [6, 6.07) is 14.4. The molecule has 2 unspecified atom stereocenters. The highest BCUT2D eigenvalue weighted by molar-refractivity contribution is 6.14. The number of carbonyl (C=O) groups excluding carboxylic acids is 1. The van der Waals surface area contributed by atoms with Crippen LogP contribution in [0.25, 0.3) is 21.8 Å². The van der Waals surface area contributed by atoms with Crippen LogP contribution in [0.5, 0.6) is 6.01 Å². The van der Waals surface area contributed by atoms with Gasteiger partial charge in [0, 0.05) is 47.8 Å². The predicted octanol–water partition coefficient (Wildman–Crippen LogP) is 3.63. The number of nitrogens with one attached hydrogen (secondary N) is 2. The van der Waals surface area contributed by atoms with E-state index in [4.69, 9.17) is 4.74 Å². The van der Waals surface area contributed by atoms with E-state index in [0.29, 0.717) is 28.9 Å². The van der Waals surface area contributed by atoms with Gasteiger partial charge in [-0.25, -0.2) is 4.98 Å². The number of piperazine rings is 1. The molecule has 1 aliphatic rings. The molecule has 0 spiro atoms. The van der Waals surface area contributed by atoms with Gasteiger partial charge in [-0.05, 0) is 38.1 Å². The Morgan fingerprint density at radius 1 is 1.09 bits per heavy atom. The largest absolute Gasteiger partial charge is 0.467 e. The molecular weight excluding hydrogens is 416 g/mol. The van der Waals surface area contributed by atoms with Crippen molar-refractivity contribution in [2.24, 2.45) is 0 Å². The minimum Gasteiger partial charge on any atom is -0.467 e. The third kappa shape index (κ3) is 4.17. The molecule has 0 saturated carbocycles. The summed E-state index contributed by atoms with van der Waals surface area (Å²) in [4.78, 5) is 28.9. The number of methoxy groups -OCH3 is 1. The first-order valence-electron chi connectivity index (χ1n) is 11.0. The third-order valence-electron chi connectivity index (χ3n) is 5.88. The summed E-state index contributed by atoms with van der Waals surface area (Å²) in [5, 5.41) is 8.30. The lowest BCUT2D eigenvalue weighted by Gasteiger charge is -2.38. The molecule has 1 saturated heterocycles. The third-order valence-corrected chi connectivity index (χ3v) is 5.88. The Kier molecular flexibility index (Phi) is 5.51. The average molecular weight is 443 g/mol. The molecule has 33 heavy (non-hydrogen) atoms. The zero-order valence-corrected chi connectivity index (χ0v) is 18.9. The van der Waals surface area contributed by atoms with Gasteiger partial charge in [-0.15, -0.1) is 0 Å². The molecule has 2 aromatic heterocycles. The fourth-order valence-corrected chi connectivity index (χ4v) is 4.51. The Morgan fingerprint density at radius 2 is 1.88 bits per heavy atom. The lowest BCUT2D eigenvalue weighted by atomic mass is 10.0. The average Bonchev–Trinajstić information content (AvgIpc) is 2.82. The smallest absolute Gasteiger partial charge is 0.316 e. The van der Waals surface area contributed by atoms with Crippen LogP contribution in [0.2, 0.25) is 0 Å². The number of nitrogens with zero attached hydrogens (tertiary/aromatic N) is 4.